The zero-order valence-corrected chi connectivity index (χ0v) is 20.7. The highest BCUT2D eigenvalue weighted by atomic mass is 32.2. The summed E-state index contributed by atoms with van der Waals surface area (Å²) in [6, 6.07) is 26.4. The summed E-state index contributed by atoms with van der Waals surface area (Å²) in [6.45, 7) is 3.68. The van der Waals surface area contributed by atoms with Gasteiger partial charge in [-0.3, -0.25) is 4.79 Å². The van der Waals surface area contributed by atoms with Crippen LogP contribution in [-0.4, -0.2) is 27.8 Å². The first-order chi connectivity index (χ1) is 17.2. The Labute approximate surface area is 210 Å². The Morgan fingerprint density at radius 3 is 2.23 bits per heavy atom. The lowest BCUT2D eigenvalue weighted by Gasteiger charge is -2.12. The first kappa shape index (κ1) is 24.7. The van der Waals surface area contributed by atoms with Gasteiger partial charge in [-0.05, 0) is 43.5 Å². The van der Waals surface area contributed by atoms with Gasteiger partial charge in [0.2, 0.25) is 0 Å². The normalized spacial score (nSPS) is 10.9. The predicted molar refractivity (Wildman–Crippen MR) is 142 cm³/mol. The number of rotatable bonds is 11. The molecule has 0 unspecified atom stereocenters. The largest absolute Gasteiger partial charge is 0.352 e. The van der Waals surface area contributed by atoms with E-state index in [0.29, 0.717) is 12.1 Å². The van der Waals surface area contributed by atoms with Gasteiger partial charge in [-0.15, -0.1) is 0 Å². The molecule has 1 N–H and O–H groups in total. The first-order valence-corrected chi connectivity index (χ1v) is 13.0. The van der Waals surface area contributed by atoms with Crippen LogP contribution >= 0.6 is 11.8 Å². The quantitative estimate of drug-likeness (QED) is 0.182. The molecule has 4 aromatic rings. The lowest BCUT2D eigenvalue weighted by molar-refractivity contribution is 0.0953. The Balaban J connectivity index is 1.42. The maximum atomic E-state index is 13.0. The average Bonchev–Trinajstić information content (AvgIpc) is 3.25. The SMILES string of the molecule is CCCn1c(SCCCCNC(=O)c2ccc(F)cc2)nc(-c2ccccc2)c1-c1ccccc1. The molecule has 0 aliphatic carbocycles. The van der Waals surface area contributed by atoms with Gasteiger partial charge in [-0.25, -0.2) is 9.37 Å². The average molecular weight is 488 g/mol. The van der Waals surface area contributed by atoms with Gasteiger partial charge in [-0.2, -0.15) is 0 Å². The third-order valence-electron chi connectivity index (χ3n) is 5.67. The molecule has 6 heteroatoms. The summed E-state index contributed by atoms with van der Waals surface area (Å²) in [6.07, 6.45) is 2.84. The van der Waals surface area contributed by atoms with E-state index >= 15 is 0 Å². The molecule has 0 saturated heterocycles. The summed E-state index contributed by atoms with van der Waals surface area (Å²) < 4.78 is 15.4. The number of benzene rings is 3. The fourth-order valence-corrected chi connectivity index (χ4v) is 4.98. The summed E-state index contributed by atoms with van der Waals surface area (Å²) >= 11 is 1.77. The van der Waals surface area contributed by atoms with Crippen LogP contribution in [0.5, 0.6) is 0 Å². The Morgan fingerprint density at radius 2 is 1.57 bits per heavy atom. The zero-order chi connectivity index (χ0) is 24.5. The number of carbonyl (C=O) groups is 1. The number of thioether (sulfide) groups is 1. The van der Waals surface area contributed by atoms with Crippen LogP contribution in [0.1, 0.15) is 36.5 Å². The number of nitrogens with one attached hydrogen (secondary N) is 1. The van der Waals surface area contributed by atoms with E-state index in [4.69, 9.17) is 4.98 Å². The maximum absolute atomic E-state index is 13.0. The summed E-state index contributed by atoms with van der Waals surface area (Å²) in [4.78, 5) is 17.3. The van der Waals surface area contributed by atoms with Crippen molar-refractivity contribution in [3.8, 4) is 22.5 Å². The van der Waals surface area contributed by atoms with Gasteiger partial charge >= 0.3 is 0 Å². The van der Waals surface area contributed by atoms with Crippen molar-refractivity contribution in [1.29, 1.82) is 0 Å². The number of imidazole rings is 1. The lowest BCUT2D eigenvalue weighted by atomic mass is 10.0. The molecule has 3 aromatic carbocycles. The molecule has 0 radical (unpaired) electrons. The Morgan fingerprint density at radius 1 is 0.914 bits per heavy atom. The highest BCUT2D eigenvalue weighted by Gasteiger charge is 2.19. The van der Waals surface area contributed by atoms with Crippen molar-refractivity contribution in [2.75, 3.05) is 12.3 Å². The topological polar surface area (TPSA) is 46.9 Å². The molecule has 0 bridgehead atoms. The number of hydrogen-bond acceptors (Lipinski definition) is 3. The number of nitrogens with zero attached hydrogens (tertiary/aromatic N) is 2. The van der Waals surface area contributed by atoms with Crippen LogP contribution in [0.2, 0.25) is 0 Å². The second-order valence-electron chi connectivity index (χ2n) is 8.29. The molecule has 4 nitrogen and oxygen atoms in total. The Hall–Kier alpha value is -3.38. The lowest BCUT2D eigenvalue weighted by Crippen LogP contribution is -2.24. The van der Waals surface area contributed by atoms with Crippen molar-refractivity contribution < 1.29 is 9.18 Å². The highest BCUT2D eigenvalue weighted by molar-refractivity contribution is 7.99. The van der Waals surface area contributed by atoms with Gasteiger partial charge in [0.25, 0.3) is 5.91 Å². The molecule has 0 atom stereocenters. The minimum absolute atomic E-state index is 0.170. The number of halogens is 1. The van der Waals surface area contributed by atoms with Gasteiger partial charge in [0.15, 0.2) is 5.16 Å². The van der Waals surface area contributed by atoms with Crippen LogP contribution in [0.4, 0.5) is 4.39 Å². The van der Waals surface area contributed by atoms with E-state index in [2.05, 4.69) is 65.3 Å². The van der Waals surface area contributed by atoms with E-state index in [9.17, 15) is 9.18 Å². The number of amides is 1. The molecule has 0 aliphatic rings. The monoisotopic (exact) mass is 487 g/mol. The van der Waals surface area contributed by atoms with Crippen LogP contribution in [0.3, 0.4) is 0 Å². The predicted octanol–water partition coefficient (Wildman–Crippen LogP) is 7.07. The number of hydrogen-bond donors (Lipinski definition) is 1. The zero-order valence-electron chi connectivity index (χ0n) is 19.9. The van der Waals surface area contributed by atoms with Gasteiger partial charge in [0.1, 0.15) is 5.82 Å². The van der Waals surface area contributed by atoms with E-state index in [1.54, 1.807) is 11.8 Å². The molecular formula is C29H30FN3OS. The molecule has 4 rings (SSSR count). The van der Waals surface area contributed by atoms with Crippen molar-refractivity contribution in [3.05, 3.63) is 96.3 Å². The van der Waals surface area contributed by atoms with Crippen molar-refractivity contribution in [2.24, 2.45) is 0 Å². The van der Waals surface area contributed by atoms with E-state index in [1.807, 2.05) is 12.1 Å². The van der Waals surface area contributed by atoms with Gasteiger partial charge in [-0.1, -0.05) is 79.3 Å². The van der Waals surface area contributed by atoms with Crippen molar-refractivity contribution >= 4 is 17.7 Å². The molecule has 1 amide bonds. The van der Waals surface area contributed by atoms with Gasteiger partial charge in [0, 0.05) is 35.5 Å². The van der Waals surface area contributed by atoms with Crippen LogP contribution in [-0.2, 0) is 6.54 Å². The third-order valence-corrected chi connectivity index (χ3v) is 6.73. The Bertz CT molecular complexity index is 1220. The number of aromatic nitrogens is 2. The molecule has 1 heterocycles. The van der Waals surface area contributed by atoms with Crippen LogP contribution in [0, 0.1) is 5.82 Å². The third kappa shape index (κ3) is 6.40. The van der Waals surface area contributed by atoms with E-state index in [1.165, 1.54) is 29.8 Å². The molecule has 35 heavy (non-hydrogen) atoms. The smallest absolute Gasteiger partial charge is 0.251 e. The van der Waals surface area contributed by atoms with E-state index in [0.717, 1.165) is 53.7 Å². The van der Waals surface area contributed by atoms with Gasteiger partial charge in [0.05, 0.1) is 11.4 Å². The molecule has 0 fully saturated rings. The molecule has 1 aromatic heterocycles. The van der Waals surface area contributed by atoms with E-state index in [-0.39, 0.29) is 11.7 Å². The fraction of sp³-hybridized carbons (Fsp3) is 0.241. The molecular weight excluding hydrogens is 457 g/mol. The molecule has 180 valence electrons. The second kappa shape index (κ2) is 12.4. The number of carbonyl (C=O) groups excluding carboxylic acids is 1. The molecule has 0 spiro atoms. The molecule has 0 aliphatic heterocycles. The minimum Gasteiger partial charge on any atom is -0.352 e. The second-order valence-corrected chi connectivity index (χ2v) is 9.36. The molecule has 0 saturated carbocycles. The summed E-state index contributed by atoms with van der Waals surface area (Å²) in [5.41, 5.74) is 4.94. The van der Waals surface area contributed by atoms with Crippen molar-refractivity contribution in [1.82, 2.24) is 14.9 Å². The van der Waals surface area contributed by atoms with Crippen molar-refractivity contribution in [3.63, 3.8) is 0 Å². The van der Waals surface area contributed by atoms with Crippen LogP contribution in [0.15, 0.2) is 90.1 Å². The minimum atomic E-state index is -0.342. The van der Waals surface area contributed by atoms with Crippen molar-refractivity contribution in [2.45, 2.75) is 37.9 Å². The first-order valence-electron chi connectivity index (χ1n) is 12.0. The highest BCUT2D eigenvalue weighted by Crippen LogP contribution is 2.36. The van der Waals surface area contributed by atoms with Crippen LogP contribution in [0.25, 0.3) is 22.5 Å². The summed E-state index contributed by atoms with van der Waals surface area (Å²) in [7, 11) is 0. The fourth-order valence-electron chi connectivity index (χ4n) is 3.96. The maximum Gasteiger partial charge on any atom is 0.251 e. The standard InChI is InChI=1S/C29H30FN3OS/c1-2-20-33-27(23-13-7-4-8-14-23)26(22-11-5-3-6-12-22)32-29(33)35-21-10-9-19-31-28(34)24-15-17-25(30)18-16-24/h3-8,11-18H,2,9-10,19-21H2,1H3,(H,31,34). The van der Waals surface area contributed by atoms with Crippen LogP contribution < -0.4 is 5.32 Å². The number of unbranched alkanes of at least 4 members (excludes halogenated alkanes) is 1. The Kier molecular flexibility index (Phi) is 8.74. The summed E-state index contributed by atoms with van der Waals surface area (Å²) in [5, 5.41) is 3.94. The van der Waals surface area contributed by atoms with E-state index < -0.39 is 0 Å². The van der Waals surface area contributed by atoms with Gasteiger partial charge < -0.3 is 9.88 Å². The summed E-state index contributed by atoms with van der Waals surface area (Å²) in [5.74, 6) is 0.400.